The smallest absolute Gasteiger partial charge is 0.308 e. The molecule has 1 saturated carbocycles. The number of carbonyl (C=O) groups excluding carboxylic acids is 2. The van der Waals surface area contributed by atoms with Crippen molar-refractivity contribution in [2.24, 2.45) is 17.8 Å². The Balaban J connectivity index is 1.93. The number of likely N-dealkylation sites (tertiary alicyclic amines) is 1. The largest absolute Gasteiger partial charge is 0.481 e. The Labute approximate surface area is 144 Å². The number of piperidine rings is 1. The highest BCUT2D eigenvalue weighted by Crippen LogP contribution is 2.34. The maximum atomic E-state index is 12.6. The van der Waals surface area contributed by atoms with Gasteiger partial charge in [0.2, 0.25) is 11.8 Å². The molecule has 0 aromatic carbocycles. The van der Waals surface area contributed by atoms with Gasteiger partial charge in [-0.05, 0) is 32.6 Å². The summed E-state index contributed by atoms with van der Waals surface area (Å²) in [4.78, 5) is 38.0. The first kappa shape index (κ1) is 18.7. The summed E-state index contributed by atoms with van der Waals surface area (Å²) in [7, 11) is 0. The molecule has 1 aliphatic carbocycles. The summed E-state index contributed by atoms with van der Waals surface area (Å²) >= 11 is 0. The predicted molar refractivity (Wildman–Crippen MR) is 90.3 cm³/mol. The average molecular weight is 338 g/mol. The van der Waals surface area contributed by atoms with Gasteiger partial charge in [0.25, 0.3) is 0 Å². The number of amides is 2. The van der Waals surface area contributed by atoms with E-state index in [1.807, 2.05) is 25.7 Å². The molecule has 0 aromatic heterocycles. The second kappa shape index (κ2) is 7.53. The lowest BCUT2D eigenvalue weighted by molar-refractivity contribution is -0.147. The van der Waals surface area contributed by atoms with Gasteiger partial charge in [-0.25, -0.2) is 0 Å². The van der Waals surface area contributed by atoms with E-state index in [1.54, 1.807) is 0 Å². The van der Waals surface area contributed by atoms with Crippen molar-refractivity contribution in [1.82, 2.24) is 10.2 Å². The highest BCUT2D eigenvalue weighted by Gasteiger charge is 2.43. The third kappa shape index (κ3) is 4.08. The number of carbonyl (C=O) groups is 3. The van der Waals surface area contributed by atoms with Crippen LogP contribution < -0.4 is 5.32 Å². The Kier molecular flexibility index (Phi) is 5.88. The molecule has 2 fully saturated rings. The van der Waals surface area contributed by atoms with E-state index >= 15 is 0 Å². The Morgan fingerprint density at radius 1 is 1.12 bits per heavy atom. The summed E-state index contributed by atoms with van der Waals surface area (Å²) < 4.78 is 0. The second-order valence-corrected chi connectivity index (χ2v) is 7.80. The Hall–Kier alpha value is -1.59. The number of rotatable bonds is 4. The van der Waals surface area contributed by atoms with Crippen molar-refractivity contribution in [1.29, 1.82) is 0 Å². The van der Waals surface area contributed by atoms with Gasteiger partial charge in [-0.2, -0.15) is 0 Å². The molecule has 1 aliphatic heterocycles. The normalized spacial score (nSPS) is 28.7. The maximum absolute atomic E-state index is 12.6. The van der Waals surface area contributed by atoms with Gasteiger partial charge in [0.1, 0.15) is 0 Å². The predicted octanol–water partition coefficient (Wildman–Crippen LogP) is 2.03. The van der Waals surface area contributed by atoms with Crippen molar-refractivity contribution in [2.75, 3.05) is 13.1 Å². The minimum absolute atomic E-state index is 0.0205. The van der Waals surface area contributed by atoms with Crippen molar-refractivity contribution in [3.8, 4) is 0 Å². The Morgan fingerprint density at radius 2 is 1.75 bits per heavy atom. The fraction of sp³-hybridized carbons (Fsp3) is 0.833. The molecule has 136 valence electrons. The summed E-state index contributed by atoms with van der Waals surface area (Å²) in [5, 5.41) is 12.5. The quantitative estimate of drug-likeness (QED) is 0.821. The highest BCUT2D eigenvalue weighted by molar-refractivity contribution is 5.82. The topological polar surface area (TPSA) is 86.7 Å². The molecule has 1 heterocycles. The van der Waals surface area contributed by atoms with Crippen molar-refractivity contribution < 1.29 is 19.5 Å². The van der Waals surface area contributed by atoms with Crippen LogP contribution >= 0.6 is 0 Å². The summed E-state index contributed by atoms with van der Waals surface area (Å²) in [6, 6.07) is 0. The van der Waals surface area contributed by atoms with Gasteiger partial charge in [-0.3, -0.25) is 14.4 Å². The summed E-state index contributed by atoms with van der Waals surface area (Å²) in [5.74, 6) is -1.41. The van der Waals surface area contributed by atoms with Gasteiger partial charge < -0.3 is 15.3 Å². The Morgan fingerprint density at radius 3 is 2.29 bits per heavy atom. The molecule has 2 rings (SSSR count). The zero-order valence-corrected chi connectivity index (χ0v) is 15.0. The van der Waals surface area contributed by atoms with Gasteiger partial charge in [0.05, 0.1) is 11.5 Å². The number of nitrogens with one attached hydrogen (secondary N) is 1. The standard InChI is InChI=1S/C18H30N2O4/c1-12(2)16(22)20-10-7-13(8-11-20)15(21)19-18(3)9-5-4-6-14(18)17(23)24/h12-14H,4-11H2,1-3H3,(H,19,21)(H,23,24)/t14-,18-/m0/s1. The van der Waals surface area contributed by atoms with E-state index in [4.69, 9.17) is 0 Å². The van der Waals surface area contributed by atoms with Crippen LogP contribution in [0.4, 0.5) is 0 Å². The van der Waals surface area contributed by atoms with Gasteiger partial charge in [0.15, 0.2) is 0 Å². The van der Waals surface area contributed by atoms with Crippen LogP contribution in [0.15, 0.2) is 0 Å². The van der Waals surface area contributed by atoms with E-state index in [2.05, 4.69) is 5.32 Å². The van der Waals surface area contributed by atoms with Gasteiger partial charge in [0, 0.05) is 24.9 Å². The fourth-order valence-corrected chi connectivity index (χ4v) is 3.99. The molecule has 1 saturated heterocycles. The molecule has 0 bridgehead atoms. The lowest BCUT2D eigenvalue weighted by Gasteiger charge is -2.41. The molecule has 6 nitrogen and oxygen atoms in total. The third-order valence-electron chi connectivity index (χ3n) is 5.59. The zero-order chi connectivity index (χ0) is 17.9. The fourth-order valence-electron chi connectivity index (χ4n) is 3.99. The first-order valence-electron chi connectivity index (χ1n) is 9.08. The molecule has 6 heteroatoms. The van der Waals surface area contributed by atoms with E-state index in [0.29, 0.717) is 38.8 Å². The lowest BCUT2D eigenvalue weighted by Crippen LogP contribution is -2.57. The molecular formula is C18H30N2O4. The van der Waals surface area contributed by atoms with E-state index in [0.717, 1.165) is 12.8 Å². The van der Waals surface area contributed by atoms with Crippen molar-refractivity contribution in [2.45, 2.75) is 64.8 Å². The molecule has 2 atom stereocenters. The van der Waals surface area contributed by atoms with Crippen LogP contribution in [0.3, 0.4) is 0 Å². The molecule has 0 unspecified atom stereocenters. The zero-order valence-electron chi connectivity index (χ0n) is 15.0. The second-order valence-electron chi connectivity index (χ2n) is 7.80. The minimum Gasteiger partial charge on any atom is -0.481 e. The van der Waals surface area contributed by atoms with Crippen molar-refractivity contribution >= 4 is 17.8 Å². The molecule has 0 radical (unpaired) electrons. The van der Waals surface area contributed by atoms with Gasteiger partial charge in [-0.15, -0.1) is 0 Å². The SMILES string of the molecule is CC(C)C(=O)N1CCC(C(=O)N[C@@]2(C)CCCC[C@H]2C(=O)O)CC1. The number of carboxylic acids is 1. The van der Waals surface area contributed by atoms with Crippen LogP contribution in [-0.4, -0.2) is 46.4 Å². The van der Waals surface area contributed by atoms with E-state index in [-0.39, 0.29) is 23.7 Å². The van der Waals surface area contributed by atoms with Gasteiger partial charge in [-0.1, -0.05) is 26.7 Å². The van der Waals surface area contributed by atoms with Gasteiger partial charge >= 0.3 is 5.97 Å². The van der Waals surface area contributed by atoms with Crippen LogP contribution in [0.25, 0.3) is 0 Å². The number of aliphatic carboxylic acids is 1. The number of hydrogen-bond donors (Lipinski definition) is 2. The van der Waals surface area contributed by atoms with E-state index in [1.165, 1.54) is 0 Å². The van der Waals surface area contributed by atoms with Crippen LogP contribution in [0, 0.1) is 17.8 Å². The molecule has 2 amide bonds. The molecule has 24 heavy (non-hydrogen) atoms. The van der Waals surface area contributed by atoms with Crippen LogP contribution in [0.2, 0.25) is 0 Å². The van der Waals surface area contributed by atoms with E-state index in [9.17, 15) is 19.5 Å². The summed E-state index contributed by atoms with van der Waals surface area (Å²) in [5.41, 5.74) is -0.661. The van der Waals surface area contributed by atoms with Crippen LogP contribution in [0.5, 0.6) is 0 Å². The maximum Gasteiger partial charge on any atom is 0.308 e. The molecular weight excluding hydrogens is 308 g/mol. The monoisotopic (exact) mass is 338 g/mol. The molecule has 0 aromatic rings. The molecule has 0 spiro atoms. The van der Waals surface area contributed by atoms with Crippen LogP contribution in [0.1, 0.15) is 59.3 Å². The lowest BCUT2D eigenvalue weighted by atomic mass is 9.73. The van der Waals surface area contributed by atoms with E-state index < -0.39 is 17.4 Å². The molecule has 2 N–H and O–H groups in total. The van der Waals surface area contributed by atoms with Crippen molar-refractivity contribution in [3.05, 3.63) is 0 Å². The minimum atomic E-state index is -0.824. The third-order valence-corrected chi connectivity index (χ3v) is 5.59. The van der Waals surface area contributed by atoms with Crippen LogP contribution in [-0.2, 0) is 14.4 Å². The average Bonchev–Trinajstić information content (AvgIpc) is 2.53. The Bertz CT molecular complexity index is 497. The summed E-state index contributed by atoms with van der Waals surface area (Å²) in [6.45, 7) is 6.84. The number of carboxylic acid groups (broad SMARTS) is 1. The number of nitrogens with zero attached hydrogens (tertiary/aromatic N) is 1. The summed E-state index contributed by atoms with van der Waals surface area (Å²) in [6.07, 6.45) is 4.48. The molecule has 2 aliphatic rings. The first-order valence-corrected chi connectivity index (χ1v) is 9.08. The first-order chi connectivity index (χ1) is 11.2. The van der Waals surface area contributed by atoms with Crippen molar-refractivity contribution in [3.63, 3.8) is 0 Å². The highest BCUT2D eigenvalue weighted by atomic mass is 16.4. The number of hydrogen-bond acceptors (Lipinski definition) is 3.